The van der Waals surface area contributed by atoms with Crippen LogP contribution in [0.1, 0.15) is 36.2 Å². The average molecular weight is 837 g/mol. The van der Waals surface area contributed by atoms with Crippen LogP contribution in [-0.4, -0.2) is 119 Å². The van der Waals surface area contributed by atoms with E-state index in [-0.39, 0.29) is 31.6 Å². The largest absolute Gasteiger partial charge is 0.497 e. The van der Waals surface area contributed by atoms with Gasteiger partial charge in [0.2, 0.25) is 27.7 Å². The van der Waals surface area contributed by atoms with Crippen molar-refractivity contribution >= 4 is 50.5 Å². The van der Waals surface area contributed by atoms with Crippen molar-refractivity contribution in [2.75, 3.05) is 27.2 Å². The second-order valence-corrected chi connectivity index (χ2v) is 16.9. The molecule has 60 heavy (non-hydrogen) atoms. The third kappa shape index (κ3) is 8.68. The summed E-state index contributed by atoms with van der Waals surface area (Å²) in [4.78, 5) is 84.2. The van der Waals surface area contributed by atoms with Crippen LogP contribution in [-0.2, 0) is 29.2 Å². The summed E-state index contributed by atoms with van der Waals surface area (Å²) in [6, 6.07) is 13.8. The molecule has 0 unspecified atom stereocenters. The summed E-state index contributed by atoms with van der Waals surface area (Å²) < 4.78 is 39.9. The maximum atomic E-state index is 14.8. The van der Waals surface area contributed by atoms with Crippen molar-refractivity contribution in [3.05, 3.63) is 104 Å². The Kier molecular flexibility index (Phi) is 11.7. The molecular weight excluding hydrogens is 793 g/mol. The van der Waals surface area contributed by atoms with E-state index in [4.69, 9.17) is 14.5 Å². The Morgan fingerprint density at radius 1 is 1.07 bits per heavy atom. The Labute approximate surface area is 346 Å². The number of rotatable bonds is 16. The van der Waals surface area contributed by atoms with Crippen LogP contribution in [0.25, 0.3) is 22.2 Å². The van der Waals surface area contributed by atoms with Gasteiger partial charge in [0.1, 0.15) is 40.9 Å². The van der Waals surface area contributed by atoms with Crippen LogP contribution < -0.4 is 24.8 Å². The number of hydrogen-bond acceptors (Lipinski definition) is 12. The summed E-state index contributed by atoms with van der Waals surface area (Å²) in [7, 11) is -1.00. The summed E-state index contributed by atoms with van der Waals surface area (Å²) >= 11 is 0. The number of nitrogens with one attached hydrogen (secondary N) is 3. The van der Waals surface area contributed by atoms with Gasteiger partial charge in [-0.05, 0) is 37.5 Å². The van der Waals surface area contributed by atoms with Gasteiger partial charge in [0, 0.05) is 61.4 Å². The Hall–Kier alpha value is -6.69. The molecule has 312 valence electrons. The number of benzene rings is 2. The quantitative estimate of drug-likeness (QED) is 0.109. The topological polar surface area (TPSA) is 219 Å². The Balaban J connectivity index is 1.24. The fourth-order valence-corrected chi connectivity index (χ4v) is 8.65. The molecule has 2 aliphatic carbocycles. The summed E-state index contributed by atoms with van der Waals surface area (Å²) in [5, 5.41) is 5.34. The fraction of sp³-hybridized carbons (Fsp3) is 0.333. The van der Waals surface area contributed by atoms with E-state index in [2.05, 4.69) is 38.5 Å². The van der Waals surface area contributed by atoms with E-state index in [1.165, 1.54) is 41.5 Å². The zero-order valence-electron chi connectivity index (χ0n) is 32.9. The standard InChI is InChI=1S/C42H44N8O9S/c1-5-26-21-42(26,41(55)48-60(56,57)29-13-14-29)47-39(53)35-19-28(59-36-20-31(25-10-8-7-9-11-25)45-32-18-27(58-4)12-15-30(32)36)23-50(35)40(54)34(24-49(3)37(51)6-2)46-38(52)33-22-43-16-17-44-33/h5-12,15-18,20,22,26,28-29,34-35H,1-2,13-14,19,21,23-24H2,3-4H3,(H,46,52)(H,47,53)(H,48,55)/t26-,28-,34+,35+,42-/m1/s1. The first-order chi connectivity index (χ1) is 28.8. The number of carbonyl (C=O) groups excluding carboxylic acids is 5. The summed E-state index contributed by atoms with van der Waals surface area (Å²) in [6.45, 7) is 6.79. The zero-order chi connectivity index (χ0) is 42.8. The first-order valence-corrected chi connectivity index (χ1v) is 20.8. The van der Waals surface area contributed by atoms with E-state index >= 15 is 0 Å². The lowest BCUT2D eigenvalue weighted by molar-refractivity contribution is -0.141. The van der Waals surface area contributed by atoms with E-state index in [9.17, 15) is 32.4 Å². The van der Waals surface area contributed by atoms with E-state index < -0.39 is 74.5 Å². The maximum Gasteiger partial charge on any atom is 0.272 e. The van der Waals surface area contributed by atoms with Gasteiger partial charge in [0.15, 0.2) is 0 Å². The minimum atomic E-state index is -3.97. The first-order valence-electron chi connectivity index (χ1n) is 19.2. The number of ether oxygens (including phenoxy) is 2. The number of sulfonamides is 1. The van der Waals surface area contributed by atoms with Crippen LogP contribution >= 0.6 is 0 Å². The molecule has 1 aliphatic heterocycles. The fourth-order valence-electron chi connectivity index (χ4n) is 7.29. The Morgan fingerprint density at radius 3 is 2.48 bits per heavy atom. The Bertz CT molecular complexity index is 2470. The van der Waals surface area contributed by atoms with E-state index in [1.54, 1.807) is 31.4 Å². The van der Waals surface area contributed by atoms with Gasteiger partial charge in [0.25, 0.3) is 11.8 Å². The summed E-state index contributed by atoms with van der Waals surface area (Å²) in [5.74, 6) is -3.34. The lowest BCUT2D eigenvalue weighted by atomic mass is 10.1. The van der Waals surface area contributed by atoms with Crippen molar-refractivity contribution in [2.45, 2.75) is 54.7 Å². The number of methoxy groups -OCH3 is 1. The van der Waals surface area contributed by atoms with Crippen LogP contribution in [0.4, 0.5) is 0 Å². The highest BCUT2D eigenvalue weighted by Crippen LogP contribution is 2.45. The van der Waals surface area contributed by atoms with Crippen LogP contribution in [0.3, 0.4) is 0 Å². The van der Waals surface area contributed by atoms with Crippen molar-refractivity contribution in [3.63, 3.8) is 0 Å². The molecule has 0 bridgehead atoms. The molecule has 1 saturated heterocycles. The van der Waals surface area contributed by atoms with E-state index in [1.807, 2.05) is 30.3 Å². The molecule has 5 atom stereocenters. The van der Waals surface area contributed by atoms with E-state index in [0.717, 1.165) is 11.6 Å². The smallest absolute Gasteiger partial charge is 0.272 e. The van der Waals surface area contributed by atoms with Gasteiger partial charge in [-0.1, -0.05) is 43.0 Å². The van der Waals surface area contributed by atoms with Crippen molar-refractivity contribution in [2.24, 2.45) is 5.92 Å². The van der Waals surface area contributed by atoms with Crippen molar-refractivity contribution in [1.82, 2.24) is 40.1 Å². The molecule has 18 heteroatoms. The molecule has 3 heterocycles. The number of nitrogens with zero attached hydrogens (tertiary/aromatic N) is 5. The molecule has 3 aliphatic rings. The second kappa shape index (κ2) is 16.9. The highest BCUT2D eigenvalue weighted by atomic mass is 32.2. The molecule has 0 spiro atoms. The number of pyridine rings is 1. The number of likely N-dealkylation sites (N-methyl/N-ethyl adjacent to an activating group) is 1. The number of aromatic nitrogens is 3. The molecule has 5 amide bonds. The second-order valence-electron chi connectivity index (χ2n) is 15.0. The van der Waals surface area contributed by atoms with Crippen LogP contribution in [0, 0.1) is 5.92 Å². The molecule has 0 radical (unpaired) electrons. The van der Waals surface area contributed by atoms with Crippen molar-refractivity contribution < 1.29 is 41.9 Å². The highest BCUT2D eigenvalue weighted by molar-refractivity contribution is 7.91. The minimum Gasteiger partial charge on any atom is -0.497 e. The normalized spacial score (nSPS) is 21.2. The van der Waals surface area contributed by atoms with Gasteiger partial charge >= 0.3 is 0 Å². The van der Waals surface area contributed by atoms with Crippen molar-refractivity contribution in [1.29, 1.82) is 0 Å². The van der Waals surface area contributed by atoms with E-state index in [0.29, 0.717) is 40.9 Å². The summed E-state index contributed by atoms with van der Waals surface area (Å²) in [5.41, 5.74) is 0.215. The van der Waals surface area contributed by atoms with Gasteiger partial charge in [-0.3, -0.25) is 33.7 Å². The Morgan fingerprint density at radius 2 is 1.83 bits per heavy atom. The average Bonchev–Trinajstić information content (AvgIpc) is 4.19. The number of hydrogen-bond donors (Lipinski definition) is 3. The maximum absolute atomic E-state index is 14.8. The molecule has 3 fully saturated rings. The number of fused-ring (bicyclic) bond motifs is 1. The van der Waals surface area contributed by atoms with Gasteiger partial charge in [-0.15, -0.1) is 6.58 Å². The third-order valence-corrected chi connectivity index (χ3v) is 12.7. The van der Waals surface area contributed by atoms with Crippen LogP contribution in [0.15, 0.2) is 98.5 Å². The molecule has 2 saturated carbocycles. The van der Waals surface area contributed by atoms with Gasteiger partial charge < -0.3 is 29.9 Å². The molecule has 3 N–H and O–H groups in total. The van der Waals surface area contributed by atoms with Crippen molar-refractivity contribution in [3.8, 4) is 22.8 Å². The number of amides is 5. The predicted octanol–water partition coefficient (Wildman–Crippen LogP) is 2.16. The molecular formula is C42H44N8O9S. The first kappa shape index (κ1) is 41.5. The van der Waals surface area contributed by atoms with Crippen LogP contribution in [0.2, 0.25) is 0 Å². The minimum absolute atomic E-state index is 0.0782. The summed E-state index contributed by atoms with van der Waals surface area (Å²) in [6.07, 6.45) is 6.41. The van der Waals surface area contributed by atoms with Gasteiger partial charge in [0.05, 0.1) is 36.3 Å². The molecule has 4 aromatic rings. The SMILES string of the molecule is C=CC(=O)N(C)C[C@H](NC(=O)c1cnccn1)C(=O)N1C[C@H](Oc2cc(-c3ccccc3)nc3cc(OC)ccc23)C[C@H]1C(=O)N[C@]1(C(=O)NS(=O)(=O)C2CC2)C[C@H]1C=C. The van der Waals surface area contributed by atoms with Crippen LogP contribution in [0.5, 0.6) is 11.5 Å². The highest BCUT2D eigenvalue weighted by Gasteiger charge is 2.62. The van der Waals surface area contributed by atoms with Gasteiger partial charge in [-0.25, -0.2) is 18.4 Å². The zero-order valence-corrected chi connectivity index (χ0v) is 33.8. The third-order valence-electron chi connectivity index (χ3n) is 10.8. The molecule has 2 aromatic heterocycles. The predicted molar refractivity (Wildman–Crippen MR) is 219 cm³/mol. The molecule has 17 nitrogen and oxygen atoms in total. The lowest BCUT2D eigenvalue weighted by Gasteiger charge is -2.31. The monoisotopic (exact) mass is 836 g/mol. The number of carbonyl (C=O) groups is 5. The lowest BCUT2D eigenvalue weighted by Crippen LogP contribution is -2.59. The molecule has 7 rings (SSSR count). The number of likely N-dealkylation sites (tertiary alicyclic amines) is 1. The van der Waals surface area contributed by atoms with Gasteiger partial charge in [-0.2, -0.15) is 0 Å². The molecule has 2 aromatic carbocycles.